The Balaban J connectivity index is 2.22. The maximum atomic E-state index is 13.0. The third kappa shape index (κ3) is 3.89. The molecule has 0 aliphatic heterocycles. The third-order valence-corrected chi connectivity index (χ3v) is 3.43. The second-order valence-electron chi connectivity index (χ2n) is 4.86. The Morgan fingerprint density at radius 1 is 1.10 bits per heavy atom. The number of aliphatic carboxylic acids is 1. The van der Waals surface area contributed by atoms with Crippen LogP contribution in [0.4, 0.5) is 4.39 Å². The Morgan fingerprint density at radius 2 is 1.71 bits per heavy atom. The normalized spacial score (nSPS) is 13.6. The molecule has 0 saturated carbocycles. The molecular weight excluding hydrogens is 269 g/mol. The molecule has 0 radical (unpaired) electrons. The van der Waals surface area contributed by atoms with E-state index in [9.17, 15) is 14.3 Å². The quantitative estimate of drug-likeness (QED) is 0.852. The van der Waals surface area contributed by atoms with E-state index in [1.54, 1.807) is 24.3 Å². The van der Waals surface area contributed by atoms with E-state index < -0.39 is 12.0 Å². The average Bonchev–Trinajstić information content (AvgIpc) is 2.50. The summed E-state index contributed by atoms with van der Waals surface area (Å²) >= 11 is 0. The molecule has 110 valence electrons. The SMILES string of the molecule is CCC(NC(C(=O)O)c1ccccc1)c1ccc(F)cc1. The first-order chi connectivity index (χ1) is 10.1. The minimum Gasteiger partial charge on any atom is -0.480 e. The summed E-state index contributed by atoms with van der Waals surface area (Å²) in [4.78, 5) is 11.5. The lowest BCUT2D eigenvalue weighted by Gasteiger charge is -2.23. The van der Waals surface area contributed by atoms with Gasteiger partial charge in [-0.3, -0.25) is 10.1 Å². The first-order valence-electron chi connectivity index (χ1n) is 6.91. The van der Waals surface area contributed by atoms with Gasteiger partial charge in [-0.2, -0.15) is 0 Å². The van der Waals surface area contributed by atoms with Gasteiger partial charge in [-0.05, 0) is 29.7 Å². The van der Waals surface area contributed by atoms with Gasteiger partial charge >= 0.3 is 5.97 Å². The number of carbonyl (C=O) groups is 1. The van der Waals surface area contributed by atoms with Crippen molar-refractivity contribution in [2.45, 2.75) is 25.4 Å². The summed E-state index contributed by atoms with van der Waals surface area (Å²) < 4.78 is 13.0. The number of nitrogens with one attached hydrogen (secondary N) is 1. The lowest BCUT2D eigenvalue weighted by atomic mass is 10.0. The molecule has 2 atom stereocenters. The molecule has 0 saturated heterocycles. The second kappa shape index (κ2) is 6.99. The highest BCUT2D eigenvalue weighted by molar-refractivity contribution is 5.75. The topological polar surface area (TPSA) is 49.3 Å². The van der Waals surface area contributed by atoms with E-state index in [0.29, 0.717) is 12.0 Å². The monoisotopic (exact) mass is 287 g/mol. The van der Waals surface area contributed by atoms with E-state index in [1.807, 2.05) is 25.1 Å². The van der Waals surface area contributed by atoms with E-state index in [0.717, 1.165) is 5.56 Å². The summed E-state index contributed by atoms with van der Waals surface area (Å²) in [6, 6.07) is 14.2. The minimum absolute atomic E-state index is 0.146. The first-order valence-corrected chi connectivity index (χ1v) is 6.91. The molecule has 2 unspecified atom stereocenters. The fourth-order valence-corrected chi connectivity index (χ4v) is 2.30. The predicted octanol–water partition coefficient (Wildman–Crippen LogP) is 3.69. The van der Waals surface area contributed by atoms with Crippen LogP contribution >= 0.6 is 0 Å². The Bertz CT molecular complexity index is 583. The summed E-state index contributed by atoms with van der Waals surface area (Å²) in [5.41, 5.74) is 1.58. The fourth-order valence-electron chi connectivity index (χ4n) is 2.30. The highest BCUT2D eigenvalue weighted by Crippen LogP contribution is 2.23. The van der Waals surface area contributed by atoms with Gasteiger partial charge in [0.15, 0.2) is 0 Å². The Morgan fingerprint density at radius 3 is 2.24 bits per heavy atom. The number of carboxylic acid groups (broad SMARTS) is 1. The molecule has 0 heterocycles. The zero-order chi connectivity index (χ0) is 15.2. The highest BCUT2D eigenvalue weighted by atomic mass is 19.1. The maximum absolute atomic E-state index is 13.0. The zero-order valence-corrected chi connectivity index (χ0v) is 11.8. The van der Waals surface area contributed by atoms with Crippen molar-refractivity contribution >= 4 is 5.97 Å². The van der Waals surface area contributed by atoms with Crippen LogP contribution in [0.2, 0.25) is 0 Å². The van der Waals surface area contributed by atoms with Gasteiger partial charge in [0.25, 0.3) is 0 Å². The zero-order valence-electron chi connectivity index (χ0n) is 11.8. The van der Waals surface area contributed by atoms with Gasteiger partial charge < -0.3 is 5.11 Å². The fraction of sp³-hybridized carbons (Fsp3) is 0.235. The maximum Gasteiger partial charge on any atom is 0.325 e. The van der Waals surface area contributed by atoms with Crippen LogP contribution in [-0.4, -0.2) is 11.1 Å². The van der Waals surface area contributed by atoms with Gasteiger partial charge in [0.05, 0.1) is 0 Å². The molecular formula is C17H18FNO2. The van der Waals surface area contributed by atoms with Crippen LogP contribution in [0, 0.1) is 5.82 Å². The van der Waals surface area contributed by atoms with Crippen molar-refractivity contribution in [1.82, 2.24) is 5.32 Å². The van der Waals surface area contributed by atoms with Crippen molar-refractivity contribution in [2.75, 3.05) is 0 Å². The van der Waals surface area contributed by atoms with Crippen LogP contribution in [0.3, 0.4) is 0 Å². The van der Waals surface area contributed by atoms with Gasteiger partial charge in [-0.15, -0.1) is 0 Å². The number of halogens is 1. The van der Waals surface area contributed by atoms with Gasteiger partial charge in [0, 0.05) is 6.04 Å². The van der Waals surface area contributed by atoms with E-state index in [-0.39, 0.29) is 11.9 Å². The number of rotatable bonds is 6. The first kappa shape index (κ1) is 15.2. The lowest BCUT2D eigenvalue weighted by Crippen LogP contribution is -2.31. The molecule has 0 fully saturated rings. The second-order valence-corrected chi connectivity index (χ2v) is 4.86. The summed E-state index contributed by atoms with van der Waals surface area (Å²) in [6.07, 6.45) is 0.711. The molecule has 2 aromatic carbocycles. The van der Waals surface area contributed by atoms with Crippen molar-refractivity contribution in [3.63, 3.8) is 0 Å². The Labute approximate surface area is 123 Å². The van der Waals surface area contributed by atoms with Crippen molar-refractivity contribution in [1.29, 1.82) is 0 Å². The van der Waals surface area contributed by atoms with E-state index in [1.165, 1.54) is 12.1 Å². The summed E-state index contributed by atoms with van der Waals surface area (Å²) in [5, 5.41) is 12.6. The highest BCUT2D eigenvalue weighted by Gasteiger charge is 2.23. The van der Waals surface area contributed by atoms with Crippen molar-refractivity contribution in [2.24, 2.45) is 0 Å². The van der Waals surface area contributed by atoms with Crippen LogP contribution in [-0.2, 0) is 4.79 Å². The molecule has 0 spiro atoms. The van der Waals surface area contributed by atoms with Gasteiger partial charge in [0.1, 0.15) is 11.9 Å². The van der Waals surface area contributed by atoms with Gasteiger partial charge in [-0.25, -0.2) is 4.39 Å². The minimum atomic E-state index is -0.929. The standard InChI is InChI=1S/C17H18FNO2/c1-2-15(12-8-10-14(18)11-9-12)19-16(17(20)21)13-6-4-3-5-7-13/h3-11,15-16,19H,2H2,1H3,(H,20,21). The van der Waals surface area contributed by atoms with Crippen LogP contribution < -0.4 is 5.32 Å². The summed E-state index contributed by atoms with van der Waals surface area (Å²) in [7, 11) is 0. The molecule has 2 N–H and O–H groups in total. The van der Waals surface area contributed by atoms with Crippen LogP contribution in [0.5, 0.6) is 0 Å². The predicted molar refractivity (Wildman–Crippen MR) is 79.4 cm³/mol. The molecule has 0 amide bonds. The van der Waals surface area contributed by atoms with Gasteiger partial charge in [-0.1, -0.05) is 49.4 Å². The number of hydrogen-bond acceptors (Lipinski definition) is 2. The molecule has 3 nitrogen and oxygen atoms in total. The molecule has 21 heavy (non-hydrogen) atoms. The van der Waals surface area contributed by atoms with Crippen molar-refractivity contribution in [3.05, 3.63) is 71.5 Å². The van der Waals surface area contributed by atoms with E-state index in [4.69, 9.17) is 0 Å². The molecule has 0 bridgehead atoms. The number of benzene rings is 2. The molecule has 2 rings (SSSR count). The third-order valence-electron chi connectivity index (χ3n) is 3.43. The summed E-state index contributed by atoms with van der Waals surface area (Å²) in [5.74, 6) is -1.23. The molecule has 4 heteroatoms. The summed E-state index contributed by atoms with van der Waals surface area (Å²) in [6.45, 7) is 1.96. The lowest BCUT2D eigenvalue weighted by molar-refractivity contribution is -0.139. The van der Waals surface area contributed by atoms with Crippen LogP contribution in [0.15, 0.2) is 54.6 Å². The van der Waals surface area contributed by atoms with Crippen LogP contribution in [0.1, 0.15) is 36.6 Å². The average molecular weight is 287 g/mol. The van der Waals surface area contributed by atoms with Gasteiger partial charge in [0.2, 0.25) is 0 Å². The number of hydrogen-bond donors (Lipinski definition) is 2. The molecule has 0 aliphatic carbocycles. The van der Waals surface area contributed by atoms with E-state index >= 15 is 0 Å². The van der Waals surface area contributed by atoms with Crippen LogP contribution in [0.25, 0.3) is 0 Å². The van der Waals surface area contributed by atoms with Crippen molar-refractivity contribution in [3.8, 4) is 0 Å². The smallest absolute Gasteiger partial charge is 0.325 e. The number of carboxylic acids is 1. The van der Waals surface area contributed by atoms with Crippen molar-refractivity contribution < 1.29 is 14.3 Å². The largest absolute Gasteiger partial charge is 0.480 e. The Kier molecular flexibility index (Phi) is 5.06. The molecule has 0 aromatic heterocycles. The Hall–Kier alpha value is -2.20. The molecule has 2 aromatic rings. The van der Waals surface area contributed by atoms with E-state index in [2.05, 4.69) is 5.32 Å². The molecule has 0 aliphatic rings.